The third kappa shape index (κ3) is 8.80. The first-order valence-corrected chi connectivity index (χ1v) is 13.6. The number of ketones is 2. The van der Waals surface area contributed by atoms with Crippen LogP contribution in [0.25, 0.3) is 0 Å². The van der Waals surface area contributed by atoms with E-state index in [1.54, 1.807) is 0 Å². The minimum Gasteiger partial charge on any atom is -0.459 e. The van der Waals surface area contributed by atoms with Gasteiger partial charge < -0.3 is 35.4 Å². The summed E-state index contributed by atoms with van der Waals surface area (Å²) in [6, 6.07) is 0. The van der Waals surface area contributed by atoms with Gasteiger partial charge in [-0.1, -0.05) is 0 Å². The van der Waals surface area contributed by atoms with Crippen LogP contribution in [0, 0.1) is 0 Å². The minimum absolute atomic E-state index is 0.00546. The number of hydrogen-bond acceptors (Lipinski definition) is 11. The molecule has 5 aliphatic rings. The van der Waals surface area contributed by atoms with Gasteiger partial charge in [0.2, 0.25) is 11.6 Å². The van der Waals surface area contributed by atoms with E-state index >= 15 is 0 Å². The van der Waals surface area contributed by atoms with E-state index in [1.807, 2.05) is 35.5 Å². The summed E-state index contributed by atoms with van der Waals surface area (Å²) in [5.41, 5.74) is 1.48. The van der Waals surface area contributed by atoms with Gasteiger partial charge in [-0.25, -0.2) is 0 Å². The zero-order valence-corrected chi connectivity index (χ0v) is 22.6. The quantitative estimate of drug-likeness (QED) is 0.227. The van der Waals surface area contributed by atoms with Crippen molar-refractivity contribution in [3.63, 3.8) is 0 Å². The molecule has 3 N–H and O–H groups in total. The molecule has 0 atom stereocenters. The Bertz CT molecular complexity index is 902. The molecule has 0 aromatic heterocycles. The summed E-state index contributed by atoms with van der Waals surface area (Å²) >= 11 is 0. The van der Waals surface area contributed by atoms with Gasteiger partial charge in [0.1, 0.15) is 17.0 Å². The van der Waals surface area contributed by atoms with Crippen LogP contribution in [0.2, 0.25) is 0 Å². The van der Waals surface area contributed by atoms with Crippen LogP contribution in [0.4, 0.5) is 0 Å². The van der Waals surface area contributed by atoms with Crippen molar-refractivity contribution in [2.75, 3.05) is 98.2 Å². The Balaban J connectivity index is 0.000000174. The Hall–Kier alpha value is -2.47. The molecule has 11 heteroatoms. The lowest BCUT2D eigenvalue weighted by atomic mass is 10.0. The summed E-state index contributed by atoms with van der Waals surface area (Å²) in [5, 5.41) is 10.1. The van der Waals surface area contributed by atoms with Gasteiger partial charge in [-0.15, -0.1) is 0 Å². The predicted octanol–water partition coefficient (Wildman–Crippen LogP) is -1.41. The molecule has 4 heterocycles. The van der Waals surface area contributed by atoms with Crippen molar-refractivity contribution in [2.45, 2.75) is 26.4 Å². The molecule has 0 spiro atoms. The average molecular weight is 518 g/mol. The number of nitrogens with one attached hydrogen (secondary N) is 3. The number of allylic oxidation sites excluding steroid dienone is 1. The normalized spacial score (nSPS) is 23.4. The van der Waals surface area contributed by atoms with Crippen molar-refractivity contribution in [1.82, 2.24) is 35.6 Å². The van der Waals surface area contributed by atoms with Crippen LogP contribution in [0.15, 0.2) is 23.2 Å². The molecular weight excluding hydrogens is 474 g/mol. The van der Waals surface area contributed by atoms with E-state index in [0.717, 1.165) is 91.6 Å². The number of esters is 1. The molecule has 11 nitrogen and oxygen atoms in total. The van der Waals surface area contributed by atoms with Gasteiger partial charge in [0.05, 0.1) is 12.2 Å². The van der Waals surface area contributed by atoms with Gasteiger partial charge in [0.15, 0.2) is 0 Å². The van der Waals surface area contributed by atoms with Crippen LogP contribution in [0.5, 0.6) is 0 Å². The van der Waals surface area contributed by atoms with Crippen LogP contribution in [-0.2, 0) is 19.1 Å². The van der Waals surface area contributed by atoms with Crippen LogP contribution >= 0.6 is 0 Å². The SMILES string of the molecule is CC(C)(C)OC(=O)CN1CCNCCNCCNCC1.O=C1C=C(N2CC2)C(=O)C(N2CC2)=C1N1CC1. The Morgan fingerprint density at radius 3 is 1.73 bits per heavy atom. The molecule has 4 saturated heterocycles. The van der Waals surface area contributed by atoms with E-state index in [-0.39, 0.29) is 17.5 Å². The summed E-state index contributed by atoms with van der Waals surface area (Å²) in [7, 11) is 0. The fourth-order valence-corrected chi connectivity index (χ4v) is 4.30. The number of carbonyl (C=O) groups excluding carboxylic acids is 3. The number of rotatable bonds is 5. The Labute approximate surface area is 220 Å². The maximum atomic E-state index is 12.4. The van der Waals surface area contributed by atoms with Gasteiger partial charge in [-0.3, -0.25) is 19.3 Å². The van der Waals surface area contributed by atoms with Crippen LogP contribution < -0.4 is 16.0 Å². The maximum absolute atomic E-state index is 12.4. The molecule has 1 aliphatic carbocycles. The lowest BCUT2D eigenvalue weighted by Crippen LogP contribution is -2.44. The highest BCUT2D eigenvalue weighted by Crippen LogP contribution is 2.33. The third-order valence-electron chi connectivity index (χ3n) is 6.43. The molecule has 0 amide bonds. The first kappa shape index (κ1) is 27.6. The molecule has 0 saturated carbocycles. The molecular formula is C26H43N7O4. The Morgan fingerprint density at radius 2 is 1.24 bits per heavy atom. The fourth-order valence-electron chi connectivity index (χ4n) is 4.30. The summed E-state index contributed by atoms with van der Waals surface area (Å²) in [6.07, 6.45) is 1.52. The number of ether oxygens (including phenoxy) is 1. The maximum Gasteiger partial charge on any atom is 0.320 e. The van der Waals surface area contributed by atoms with Gasteiger partial charge >= 0.3 is 5.97 Å². The predicted molar refractivity (Wildman–Crippen MR) is 141 cm³/mol. The van der Waals surface area contributed by atoms with Crippen molar-refractivity contribution in [3.05, 3.63) is 23.2 Å². The average Bonchev–Trinajstić information content (AvgIpc) is 3.67. The zero-order chi connectivity index (χ0) is 26.4. The van der Waals surface area contributed by atoms with E-state index < -0.39 is 5.60 Å². The molecule has 0 unspecified atom stereocenters. The summed E-state index contributed by atoms with van der Waals surface area (Å²) in [5.74, 6) is -0.0985. The molecule has 206 valence electrons. The van der Waals surface area contributed by atoms with Gasteiger partial charge in [-0.05, 0) is 20.8 Å². The zero-order valence-electron chi connectivity index (χ0n) is 22.6. The van der Waals surface area contributed by atoms with Gasteiger partial charge in [0.25, 0.3) is 0 Å². The molecule has 4 aliphatic heterocycles. The third-order valence-corrected chi connectivity index (χ3v) is 6.43. The van der Waals surface area contributed by atoms with Crippen molar-refractivity contribution in [1.29, 1.82) is 0 Å². The monoisotopic (exact) mass is 517 g/mol. The van der Waals surface area contributed by atoms with Gasteiger partial charge in [0, 0.05) is 97.7 Å². The second-order valence-electron chi connectivity index (χ2n) is 11.0. The molecule has 0 bridgehead atoms. The second-order valence-corrected chi connectivity index (χ2v) is 11.0. The van der Waals surface area contributed by atoms with E-state index in [2.05, 4.69) is 20.9 Å². The lowest BCUT2D eigenvalue weighted by Gasteiger charge is -2.25. The largest absolute Gasteiger partial charge is 0.459 e. The van der Waals surface area contributed by atoms with Crippen molar-refractivity contribution < 1.29 is 19.1 Å². The number of Topliss-reactive ketones (excluding diaryl/α,β-unsaturated/α-hetero) is 1. The standard InChI is InChI=1S/C14H30N4O2.C12H13N3O2/c1-14(2,3)20-13(19)12-18-10-8-16-6-4-15-5-7-17-9-11-18;16-9-7-8(13-1-2-13)12(17)11(15-5-6-15)10(9)14-3-4-14/h15-17H,4-12H2,1-3H3;7H,1-6H2. The van der Waals surface area contributed by atoms with Gasteiger partial charge in [-0.2, -0.15) is 0 Å². The highest BCUT2D eigenvalue weighted by atomic mass is 16.6. The first-order chi connectivity index (χ1) is 17.7. The molecule has 4 fully saturated rings. The van der Waals surface area contributed by atoms with E-state index in [4.69, 9.17) is 4.74 Å². The highest BCUT2D eigenvalue weighted by molar-refractivity contribution is 6.22. The Morgan fingerprint density at radius 1 is 0.757 bits per heavy atom. The highest BCUT2D eigenvalue weighted by Gasteiger charge is 2.43. The Kier molecular flexibility index (Phi) is 9.22. The number of hydrogen-bond donors (Lipinski definition) is 3. The second kappa shape index (κ2) is 12.4. The van der Waals surface area contributed by atoms with Crippen LogP contribution in [0.3, 0.4) is 0 Å². The molecule has 37 heavy (non-hydrogen) atoms. The number of nitrogens with zero attached hydrogens (tertiary/aromatic N) is 4. The van der Waals surface area contributed by atoms with Crippen molar-refractivity contribution in [2.24, 2.45) is 0 Å². The molecule has 0 radical (unpaired) electrons. The fraction of sp³-hybridized carbons (Fsp3) is 0.731. The lowest BCUT2D eigenvalue weighted by molar-refractivity contribution is -0.156. The van der Waals surface area contributed by atoms with Crippen molar-refractivity contribution >= 4 is 17.5 Å². The molecule has 5 rings (SSSR count). The summed E-state index contributed by atoms with van der Waals surface area (Å²) in [4.78, 5) is 44.5. The first-order valence-electron chi connectivity index (χ1n) is 13.6. The molecule has 0 aromatic rings. The number of carbonyl (C=O) groups is 3. The van der Waals surface area contributed by atoms with E-state index in [0.29, 0.717) is 23.6 Å². The van der Waals surface area contributed by atoms with Crippen molar-refractivity contribution in [3.8, 4) is 0 Å². The summed E-state index contributed by atoms with van der Waals surface area (Å²) < 4.78 is 5.38. The van der Waals surface area contributed by atoms with Crippen LogP contribution in [-0.4, -0.2) is 141 Å². The summed E-state index contributed by atoms with van der Waals surface area (Å²) in [6.45, 7) is 18.9. The smallest absolute Gasteiger partial charge is 0.320 e. The minimum atomic E-state index is -0.411. The molecule has 0 aromatic carbocycles. The van der Waals surface area contributed by atoms with E-state index in [1.165, 1.54) is 6.08 Å². The van der Waals surface area contributed by atoms with Crippen LogP contribution in [0.1, 0.15) is 20.8 Å². The topological polar surface area (TPSA) is 109 Å². The van der Waals surface area contributed by atoms with E-state index in [9.17, 15) is 14.4 Å².